The van der Waals surface area contributed by atoms with E-state index in [4.69, 9.17) is 17.3 Å². The van der Waals surface area contributed by atoms with Crippen LogP contribution in [-0.4, -0.2) is 10.4 Å². The van der Waals surface area contributed by atoms with Gasteiger partial charge in [0.15, 0.2) is 5.78 Å². The molecule has 0 saturated heterocycles. The highest BCUT2D eigenvalue weighted by molar-refractivity contribution is 6.31. The summed E-state index contributed by atoms with van der Waals surface area (Å²) in [6.45, 7) is 6.59. The topological polar surface area (TPSA) is 51.9 Å². The van der Waals surface area contributed by atoms with Gasteiger partial charge < -0.3 is 0 Å². The molecule has 0 fully saturated rings. The van der Waals surface area contributed by atoms with Crippen LogP contribution in [0.5, 0.6) is 0 Å². The molecule has 2 aromatic carbocycles. The lowest BCUT2D eigenvalue weighted by molar-refractivity contribution is -0.648. The van der Waals surface area contributed by atoms with Gasteiger partial charge in [0.1, 0.15) is 17.6 Å². The number of nitrogen functional groups attached to an aromatic ring is 1. The number of carbonyl (C=O) groups excluding carboxylic acids is 1. The molecule has 0 aliphatic heterocycles. The third-order valence-electron chi connectivity index (χ3n) is 4.44. The molecule has 0 amide bonds. The molecule has 0 atom stereocenters. The number of fused-ring (bicyclic) bond motifs is 1. The predicted octanol–water partition coefficient (Wildman–Crippen LogP) is 3.83. The van der Waals surface area contributed by atoms with Crippen LogP contribution in [0.15, 0.2) is 48.5 Å². The molecule has 0 aliphatic rings. The summed E-state index contributed by atoms with van der Waals surface area (Å²) >= 11 is 6.31. The molecule has 130 valence electrons. The number of para-hydroxylation sites is 2. The summed E-state index contributed by atoms with van der Waals surface area (Å²) in [7, 11) is 0. The van der Waals surface area contributed by atoms with Gasteiger partial charge in [0.2, 0.25) is 0 Å². The van der Waals surface area contributed by atoms with E-state index in [-0.39, 0.29) is 12.3 Å². The summed E-state index contributed by atoms with van der Waals surface area (Å²) in [5.41, 5.74) is 8.95. The van der Waals surface area contributed by atoms with E-state index in [0.717, 1.165) is 16.6 Å². The number of hydrogen-bond donors (Lipinski definition) is 1. The Bertz CT molecular complexity index is 938. The molecule has 1 heterocycles. The van der Waals surface area contributed by atoms with E-state index in [1.165, 1.54) is 0 Å². The molecule has 3 aromatic rings. The minimum Gasteiger partial charge on any atom is -0.295 e. The molecular weight excluding hydrogens is 334 g/mol. The van der Waals surface area contributed by atoms with Gasteiger partial charge in [-0.1, -0.05) is 62.7 Å². The van der Waals surface area contributed by atoms with Gasteiger partial charge >= 0.3 is 5.95 Å². The average molecular weight is 357 g/mol. The summed E-state index contributed by atoms with van der Waals surface area (Å²) in [4.78, 5) is 12.5. The van der Waals surface area contributed by atoms with Crippen molar-refractivity contribution < 1.29 is 9.36 Å². The van der Waals surface area contributed by atoms with Crippen LogP contribution in [0.4, 0.5) is 5.95 Å². The number of nitrogens with zero attached hydrogens (tertiary/aromatic N) is 2. The highest BCUT2D eigenvalue weighted by atomic mass is 35.5. The second kappa shape index (κ2) is 6.52. The fourth-order valence-electron chi connectivity index (χ4n) is 2.82. The average Bonchev–Trinajstić information content (AvgIpc) is 2.82. The minimum absolute atomic E-state index is 0.143. The van der Waals surface area contributed by atoms with Gasteiger partial charge in [-0.2, -0.15) is 0 Å². The number of rotatable bonds is 4. The number of halogens is 1. The molecule has 0 saturated carbocycles. The van der Waals surface area contributed by atoms with Gasteiger partial charge in [0.05, 0.1) is 6.54 Å². The highest BCUT2D eigenvalue weighted by Crippen LogP contribution is 2.22. The van der Waals surface area contributed by atoms with Crippen molar-refractivity contribution in [1.82, 2.24) is 4.57 Å². The Hall–Kier alpha value is -2.33. The van der Waals surface area contributed by atoms with Crippen molar-refractivity contribution in [3.8, 4) is 0 Å². The summed E-state index contributed by atoms with van der Waals surface area (Å²) in [5.74, 6) is 0.698. The SMILES string of the molecule is CC(C)(C)C(=O)Cn1c(N)[n+](Cc2ccccc2Cl)c2ccccc21. The Morgan fingerprint density at radius 3 is 2.44 bits per heavy atom. The molecule has 2 N–H and O–H groups in total. The Labute approximate surface area is 152 Å². The molecule has 25 heavy (non-hydrogen) atoms. The number of ketones is 1. The van der Waals surface area contributed by atoms with Crippen molar-refractivity contribution in [3.05, 3.63) is 59.1 Å². The first kappa shape index (κ1) is 17.5. The molecule has 3 rings (SSSR count). The van der Waals surface area contributed by atoms with Gasteiger partial charge in [0.25, 0.3) is 0 Å². The number of carbonyl (C=O) groups is 1. The monoisotopic (exact) mass is 356 g/mol. The van der Waals surface area contributed by atoms with Crippen molar-refractivity contribution in [2.75, 3.05) is 5.73 Å². The normalized spacial score (nSPS) is 11.8. The van der Waals surface area contributed by atoms with Crippen LogP contribution in [0.3, 0.4) is 0 Å². The van der Waals surface area contributed by atoms with Crippen LogP contribution in [0.25, 0.3) is 11.0 Å². The smallest absolute Gasteiger partial charge is 0.295 e. The van der Waals surface area contributed by atoms with Crippen LogP contribution in [-0.2, 0) is 17.9 Å². The quantitative estimate of drug-likeness (QED) is 0.722. The summed E-state index contributed by atoms with van der Waals surface area (Å²) in [5, 5.41) is 0.706. The maximum atomic E-state index is 12.5. The first-order chi connectivity index (χ1) is 11.8. The van der Waals surface area contributed by atoms with E-state index < -0.39 is 5.41 Å². The first-order valence-corrected chi connectivity index (χ1v) is 8.70. The second-order valence-electron chi connectivity index (χ2n) is 7.28. The number of Topliss-reactive ketones (excluding diaryl/α,β-unsaturated/α-hetero) is 1. The number of anilines is 1. The third-order valence-corrected chi connectivity index (χ3v) is 4.81. The van der Waals surface area contributed by atoms with Gasteiger partial charge in [0, 0.05) is 16.0 Å². The molecular formula is C20H23ClN3O+. The largest absolute Gasteiger partial charge is 0.356 e. The number of aromatic nitrogens is 2. The molecule has 0 radical (unpaired) electrons. The fourth-order valence-corrected chi connectivity index (χ4v) is 3.02. The Morgan fingerprint density at radius 2 is 1.76 bits per heavy atom. The zero-order valence-corrected chi connectivity index (χ0v) is 15.5. The molecule has 0 unspecified atom stereocenters. The number of hydrogen-bond acceptors (Lipinski definition) is 2. The third kappa shape index (κ3) is 3.40. The lowest BCUT2D eigenvalue weighted by Gasteiger charge is -2.15. The summed E-state index contributed by atoms with van der Waals surface area (Å²) in [6, 6.07) is 15.7. The van der Waals surface area contributed by atoms with Crippen molar-refractivity contribution >= 4 is 34.4 Å². The minimum atomic E-state index is -0.411. The van der Waals surface area contributed by atoms with Crippen LogP contribution >= 0.6 is 11.6 Å². The Morgan fingerprint density at radius 1 is 1.12 bits per heavy atom. The predicted molar refractivity (Wildman–Crippen MR) is 102 cm³/mol. The summed E-state index contributed by atoms with van der Waals surface area (Å²) < 4.78 is 3.90. The second-order valence-corrected chi connectivity index (χ2v) is 7.69. The van der Waals surface area contributed by atoms with Crippen molar-refractivity contribution in [2.45, 2.75) is 33.9 Å². The number of imidazole rings is 1. The Balaban J connectivity index is 2.10. The van der Waals surface area contributed by atoms with E-state index in [2.05, 4.69) is 0 Å². The molecule has 0 aliphatic carbocycles. The standard InChI is InChI=1S/C20H22ClN3O/c1-20(2,3)18(25)13-24-17-11-7-6-10-16(17)23(19(24)22)12-14-8-4-5-9-15(14)21/h4-11,22H,12-13H2,1-3H3/p+1. The van der Waals surface area contributed by atoms with Crippen molar-refractivity contribution in [3.63, 3.8) is 0 Å². The maximum Gasteiger partial charge on any atom is 0.356 e. The van der Waals surface area contributed by atoms with E-state index in [9.17, 15) is 4.79 Å². The zero-order valence-electron chi connectivity index (χ0n) is 14.8. The van der Waals surface area contributed by atoms with Crippen LogP contribution in [0, 0.1) is 5.41 Å². The van der Waals surface area contributed by atoms with Crippen molar-refractivity contribution in [1.29, 1.82) is 0 Å². The van der Waals surface area contributed by atoms with E-state index >= 15 is 0 Å². The number of nitrogens with two attached hydrogens (primary N) is 1. The zero-order chi connectivity index (χ0) is 18.2. The highest BCUT2D eigenvalue weighted by Gasteiger charge is 2.28. The molecule has 5 heteroatoms. The maximum absolute atomic E-state index is 12.5. The van der Waals surface area contributed by atoms with Gasteiger partial charge in [-0.25, -0.2) is 9.13 Å². The van der Waals surface area contributed by atoms with Gasteiger partial charge in [-0.15, -0.1) is 0 Å². The number of benzene rings is 2. The Kier molecular flexibility index (Phi) is 4.56. The first-order valence-electron chi connectivity index (χ1n) is 8.32. The van der Waals surface area contributed by atoms with Crippen molar-refractivity contribution in [2.24, 2.45) is 5.41 Å². The fraction of sp³-hybridized carbons (Fsp3) is 0.300. The molecule has 0 bridgehead atoms. The van der Waals surface area contributed by atoms with E-state index in [1.54, 1.807) is 0 Å². The van der Waals surface area contributed by atoms with E-state index in [1.807, 2.05) is 78.4 Å². The lowest BCUT2D eigenvalue weighted by atomic mass is 9.91. The molecule has 4 nitrogen and oxygen atoms in total. The van der Waals surface area contributed by atoms with Gasteiger partial charge in [-0.05, 0) is 18.2 Å². The molecule has 0 spiro atoms. The van der Waals surface area contributed by atoms with Gasteiger partial charge in [-0.3, -0.25) is 10.5 Å². The van der Waals surface area contributed by atoms with E-state index in [0.29, 0.717) is 17.5 Å². The molecule has 1 aromatic heterocycles. The lowest BCUT2D eigenvalue weighted by Crippen LogP contribution is -2.38. The van der Waals surface area contributed by atoms with Crippen LogP contribution in [0.1, 0.15) is 26.3 Å². The van der Waals surface area contributed by atoms with Crippen LogP contribution in [0.2, 0.25) is 5.02 Å². The summed E-state index contributed by atoms with van der Waals surface area (Å²) in [6.07, 6.45) is 0. The van der Waals surface area contributed by atoms with Crippen LogP contribution < -0.4 is 10.3 Å².